The zero-order chi connectivity index (χ0) is 19.4. The highest BCUT2D eigenvalue weighted by atomic mass is 19.1. The van der Waals surface area contributed by atoms with E-state index in [2.05, 4.69) is 30.3 Å². The average Bonchev–Trinajstić information content (AvgIpc) is 2.67. The summed E-state index contributed by atoms with van der Waals surface area (Å²) in [6, 6.07) is 20.8. The van der Waals surface area contributed by atoms with Gasteiger partial charge in [-0.2, -0.15) is 0 Å². The maximum Gasteiger partial charge on any atom is 0.236 e. The molecule has 0 aliphatic heterocycles. The predicted molar refractivity (Wildman–Crippen MR) is 108 cm³/mol. The third-order valence-electron chi connectivity index (χ3n) is 5.00. The van der Waals surface area contributed by atoms with Gasteiger partial charge in [0.05, 0.1) is 12.6 Å². The van der Waals surface area contributed by atoms with E-state index in [1.165, 1.54) is 28.5 Å². The second kappa shape index (κ2) is 8.31. The first-order chi connectivity index (χ1) is 12.9. The largest absolute Gasteiger partial charge is 0.338 e. The molecule has 4 heteroatoms. The molecule has 3 nitrogen and oxygen atoms in total. The fourth-order valence-electron chi connectivity index (χ4n) is 3.23. The molecule has 0 saturated carbocycles. The molecule has 3 aromatic carbocycles. The van der Waals surface area contributed by atoms with E-state index in [-0.39, 0.29) is 17.8 Å². The van der Waals surface area contributed by atoms with Crippen LogP contribution in [-0.4, -0.2) is 36.3 Å². The molecule has 0 bridgehead atoms. The van der Waals surface area contributed by atoms with Crippen LogP contribution in [0, 0.1) is 5.82 Å². The molecule has 0 saturated heterocycles. The van der Waals surface area contributed by atoms with Crippen molar-refractivity contribution in [3.63, 3.8) is 0 Å². The Labute approximate surface area is 160 Å². The van der Waals surface area contributed by atoms with Gasteiger partial charge in [0.25, 0.3) is 0 Å². The Morgan fingerprint density at radius 1 is 0.963 bits per heavy atom. The number of likely N-dealkylation sites (N-methyl/N-ethyl adjacent to an activating group) is 2. The van der Waals surface area contributed by atoms with Crippen LogP contribution in [0.4, 0.5) is 4.39 Å². The molecule has 0 radical (unpaired) electrons. The van der Waals surface area contributed by atoms with Gasteiger partial charge in [0, 0.05) is 13.6 Å². The Hall–Kier alpha value is -2.72. The normalized spacial score (nSPS) is 12.3. The summed E-state index contributed by atoms with van der Waals surface area (Å²) in [5.41, 5.74) is 2.10. The number of nitrogens with zero attached hydrogens (tertiary/aromatic N) is 2. The summed E-state index contributed by atoms with van der Waals surface area (Å²) in [4.78, 5) is 16.4. The smallest absolute Gasteiger partial charge is 0.236 e. The van der Waals surface area contributed by atoms with Crippen molar-refractivity contribution in [2.24, 2.45) is 0 Å². The number of carbonyl (C=O) groups is 1. The molecule has 0 fully saturated rings. The molecule has 0 spiro atoms. The molecule has 0 N–H and O–H groups in total. The molecule has 0 aliphatic rings. The topological polar surface area (TPSA) is 23.6 Å². The van der Waals surface area contributed by atoms with Crippen molar-refractivity contribution >= 4 is 16.7 Å². The van der Waals surface area contributed by atoms with Crippen molar-refractivity contribution in [2.45, 2.75) is 19.5 Å². The number of benzene rings is 3. The summed E-state index contributed by atoms with van der Waals surface area (Å²) in [7, 11) is 3.74. The van der Waals surface area contributed by atoms with Gasteiger partial charge in [0.15, 0.2) is 0 Å². The number of halogens is 1. The van der Waals surface area contributed by atoms with Gasteiger partial charge >= 0.3 is 0 Å². The van der Waals surface area contributed by atoms with E-state index < -0.39 is 0 Å². The third kappa shape index (κ3) is 4.72. The number of carbonyl (C=O) groups excluding carboxylic acids is 1. The molecule has 0 unspecified atom stereocenters. The summed E-state index contributed by atoms with van der Waals surface area (Å²) in [6.45, 7) is 2.98. The van der Waals surface area contributed by atoms with E-state index in [9.17, 15) is 9.18 Å². The monoisotopic (exact) mass is 364 g/mol. The zero-order valence-corrected chi connectivity index (χ0v) is 16.0. The van der Waals surface area contributed by atoms with Crippen LogP contribution in [0.1, 0.15) is 24.1 Å². The molecule has 3 rings (SSSR count). The predicted octanol–water partition coefficient (Wildman–Crippen LogP) is 4.63. The first-order valence-electron chi connectivity index (χ1n) is 9.11. The Morgan fingerprint density at radius 2 is 1.63 bits per heavy atom. The van der Waals surface area contributed by atoms with Crippen LogP contribution in [0.5, 0.6) is 0 Å². The maximum absolute atomic E-state index is 13.1. The Bertz CT molecular complexity index is 923. The van der Waals surface area contributed by atoms with Gasteiger partial charge in [0.1, 0.15) is 5.82 Å². The molecular formula is C23H25FN2O. The van der Waals surface area contributed by atoms with Gasteiger partial charge in [-0.05, 0) is 54.1 Å². The van der Waals surface area contributed by atoms with Crippen molar-refractivity contribution < 1.29 is 9.18 Å². The first kappa shape index (κ1) is 19.1. The first-order valence-corrected chi connectivity index (χ1v) is 9.11. The Kier molecular flexibility index (Phi) is 5.87. The van der Waals surface area contributed by atoms with Gasteiger partial charge < -0.3 is 4.90 Å². The van der Waals surface area contributed by atoms with Crippen LogP contribution in [0.15, 0.2) is 66.7 Å². The average molecular weight is 364 g/mol. The highest BCUT2D eigenvalue weighted by molar-refractivity contribution is 5.83. The molecule has 27 heavy (non-hydrogen) atoms. The minimum Gasteiger partial charge on any atom is -0.338 e. The van der Waals surface area contributed by atoms with E-state index >= 15 is 0 Å². The number of rotatable bonds is 6. The van der Waals surface area contributed by atoms with Gasteiger partial charge in [-0.3, -0.25) is 9.69 Å². The van der Waals surface area contributed by atoms with Crippen molar-refractivity contribution in [3.8, 4) is 0 Å². The molecule has 0 aliphatic carbocycles. The van der Waals surface area contributed by atoms with Gasteiger partial charge in [0.2, 0.25) is 5.91 Å². The number of hydrogen-bond acceptors (Lipinski definition) is 2. The van der Waals surface area contributed by atoms with Gasteiger partial charge in [-0.25, -0.2) is 4.39 Å². The molecule has 0 aromatic heterocycles. The van der Waals surface area contributed by atoms with Crippen molar-refractivity contribution in [2.75, 3.05) is 20.6 Å². The fraction of sp³-hybridized carbons (Fsp3) is 0.261. The second-order valence-corrected chi connectivity index (χ2v) is 7.09. The number of hydrogen-bond donors (Lipinski definition) is 0. The molecule has 0 heterocycles. The minimum atomic E-state index is -0.268. The lowest BCUT2D eigenvalue weighted by molar-refractivity contribution is -0.132. The lowest BCUT2D eigenvalue weighted by Gasteiger charge is -2.27. The summed E-state index contributed by atoms with van der Waals surface area (Å²) >= 11 is 0. The minimum absolute atomic E-state index is 0.0371. The number of fused-ring (bicyclic) bond motifs is 1. The molecular weight excluding hydrogens is 339 g/mol. The van der Waals surface area contributed by atoms with Gasteiger partial charge in [-0.1, -0.05) is 48.5 Å². The quantitative estimate of drug-likeness (QED) is 0.637. The van der Waals surface area contributed by atoms with Crippen LogP contribution in [0.25, 0.3) is 10.8 Å². The van der Waals surface area contributed by atoms with Crippen LogP contribution in [-0.2, 0) is 11.3 Å². The van der Waals surface area contributed by atoms with Crippen molar-refractivity contribution in [1.29, 1.82) is 0 Å². The highest BCUT2D eigenvalue weighted by Crippen LogP contribution is 2.20. The molecule has 140 valence electrons. The summed E-state index contributed by atoms with van der Waals surface area (Å²) in [5.74, 6) is -0.231. The highest BCUT2D eigenvalue weighted by Gasteiger charge is 2.18. The van der Waals surface area contributed by atoms with Crippen molar-refractivity contribution in [1.82, 2.24) is 9.80 Å². The standard InChI is InChI=1S/C23H25FN2O/c1-17(19-10-12-22(24)13-11-19)26(3)23(27)16-25(2)15-18-8-9-20-6-4-5-7-21(20)14-18/h4-14,17H,15-16H2,1-3H3/t17-/m1/s1. The van der Waals surface area contributed by atoms with Crippen LogP contribution in [0.3, 0.4) is 0 Å². The second-order valence-electron chi connectivity index (χ2n) is 7.09. The van der Waals surface area contributed by atoms with E-state index in [0.29, 0.717) is 13.1 Å². The summed E-state index contributed by atoms with van der Waals surface area (Å²) < 4.78 is 13.1. The van der Waals surface area contributed by atoms with Crippen molar-refractivity contribution in [3.05, 3.63) is 83.7 Å². The fourth-order valence-corrected chi connectivity index (χ4v) is 3.23. The van der Waals surface area contributed by atoms with Crippen LogP contribution >= 0.6 is 0 Å². The Balaban J connectivity index is 1.61. The van der Waals surface area contributed by atoms with E-state index in [1.807, 2.05) is 31.0 Å². The maximum atomic E-state index is 13.1. The SMILES string of the molecule is C[C@H](c1ccc(F)cc1)N(C)C(=O)CN(C)Cc1ccc2ccccc2c1. The Morgan fingerprint density at radius 3 is 2.33 bits per heavy atom. The summed E-state index contributed by atoms with van der Waals surface area (Å²) in [6.07, 6.45) is 0. The lowest BCUT2D eigenvalue weighted by atomic mass is 10.1. The van der Waals surface area contributed by atoms with Gasteiger partial charge in [-0.15, -0.1) is 0 Å². The zero-order valence-electron chi connectivity index (χ0n) is 16.0. The van der Waals surface area contributed by atoms with E-state index in [1.54, 1.807) is 24.1 Å². The molecule has 3 aromatic rings. The number of amides is 1. The van der Waals surface area contributed by atoms with E-state index in [0.717, 1.165) is 5.56 Å². The van der Waals surface area contributed by atoms with Crippen LogP contribution in [0.2, 0.25) is 0 Å². The lowest BCUT2D eigenvalue weighted by Crippen LogP contribution is -2.37. The van der Waals surface area contributed by atoms with E-state index in [4.69, 9.17) is 0 Å². The molecule has 1 amide bonds. The van der Waals surface area contributed by atoms with Crippen LogP contribution < -0.4 is 0 Å². The molecule has 1 atom stereocenters. The third-order valence-corrected chi connectivity index (χ3v) is 5.00. The summed E-state index contributed by atoms with van der Waals surface area (Å²) in [5, 5.41) is 2.42.